The molecule has 0 aliphatic carbocycles. The van der Waals surface area contributed by atoms with Gasteiger partial charge in [-0.3, -0.25) is 4.79 Å². The van der Waals surface area contributed by atoms with Crippen molar-refractivity contribution < 1.29 is 14.0 Å². The van der Waals surface area contributed by atoms with Gasteiger partial charge >= 0.3 is 0 Å². The SMILES string of the molecule is CC(C)(C)[Si](OCCCC(=O)N1CCOCC1)(c1ccccc1)c1ccccc1. The first-order chi connectivity index (χ1) is 13.9. The summed E-state index contributed by atoms with van der Waals surface area (Å²) in [6, 6.07) is 21.3. The number of hydrogen-bond donors (Lipinski definition) is 0. The summed E-state index contributed by atoms with van der Waals surface area (Å²) in [6.07, 6.45) is 1.26. The maximum atomic E-state index is 12.5. The summed E-state index contributed by atoms with van der Waals surface area (Å²) in [5, 5.41) is 2.51. The molecule has 29 heavy (non-hydrogen) atoms. The molecular weight excluding hydrogens is 378 g/mol. The fraction of sp³-hybridized carbons (Fsp3) is 0.458. The van der Waals surface area contributed by atoms with E-state index < -0.39 is 8.32 Å². The number of carbonyl (C=O) groups is 1. The Balaban J connectivity index is 1.78. The number of ether oxygens (including phenoxy) is 1. The van der Waals surface area contributed by atoms with Crippen LogP contribution in [0.1, 0.15) is 33.6 Å². The Hall–Kier alpha value is -1.95. The summed E-state index contributed by atoms with van der Waals surface area (Å²) < 4.78 is 12.2. The third kappa shape index (κ3) is 4.97. The van der Waals surface area contributed by atoms with Gasteiger partial charge in [-0.1, -0.05) is 81.4 Å². The molecule has 1 fully saturated rings. The minimum Gasteiger partial charge on any atom is -0.407 e. The molecule has 0 aromatic heterocycles. The lowest BCUT2D eigenvalue weighted by atomic mass is 10.2. The maximum Gasteiger partial charge on any atom is 0.261 e. The van der Waals surface area contributed by atoms with Crippen LogP contribution in [0.25, 0.3) is 0 Å². The highest BCUT2D eigenvalue weighted by atomic mass is 28.4. The van der Waals surface area contributed by atoms with Gasteiger partial charge in [-0.25, -0.2) is 0 Å². The average Bonchev–Trinajstić information content (AvgIpc) is 2.74. The smallest absolute Gasteiger partial charge is 0.261 e. The van der Waals surface area contributed by atoms with Crippen LogP contribution in [0.4, 0.5) is 0 Å². The van der Waals surface area contributed by atoms with Gasteiger partial charge in [0.15, 0.2) is 0 Å². The van der Waals surface area contributed by atoms with Crippen LogP contribution in [0.3, 0.4) is 0 Å². The van der Waals surface area contributed by atoms with Crippen LogP contribution in [0.2, 0.25) is 5.04 Å². The van der Waals surface area contributed by atoms with E-state index in [-0.39, 0.29) is 10.9 Å². The minimum absolute atomic E-state index is 0.0378. The molecule has 0 N–H and O–H groups in total. The Morgan fingerprint density at radius 1 is 0.966 bits per heavy atom. The molecule has 1 saturated heterocycles. The van der Waals surface area contributed by atoms with Crippen LogP contribution in [-0.2, 0) is 14.0 Å². The maximum absolute atomic E-state index is 12.5. The molecule has 1 heterocycles. The third-order valence-corrected chi connectivity index (χ3v) is 10.7. The summed E-state index contributed by atoms with van der Waals surface area (Å²) in [4.78, 5) is 14.4. The number of rotatable bonds is 7. The van der Waals surface area contributed by atoms with Crippen molar-refractivity contribution in [2.45, 2.75) is 38.7 Å². The quantitative estimate of drug-likeness (QED) is 0.519. The number of benzene rings is 2. The third-order valence-electron chi connectivity index (χ3n) is 5.63. The molecule has 0 unspecified atom stereocenters. The summed E-state index contributed by atoms with van der Waals surface area (Å²) >= 11 is 0. The standard InChI is InChI=1S/C24H33NO3Si/c1-24(2,3)29(21-11-6-4-7-12-21,22-13-8-5-9-14-22)28-18-10-15-23(26)25-16-19-27-20-17-25/h4-9,11-14H,10,15-20H2,1-3H3. The zero-order valence-corrected chi connectivity index (χ0v) is 18.9. The van der Waals surface area contributed by atoms with Gasteiger partial charge in [0, 0.05) is 26.1 Å². The highest BCUT2D eigenvalue weighted by Crippen LogP contribution is 2.36. The van der Waals surface area contributed by atoms with E-state index in [1.807, 2.05) is 4.90 Å². The normalized spacial score (nSPS) is 15.3. The van der Waals surface area contributed by atoms with Gasteiger partial charge in [-0.05, 0) is 21.8 Å². The molecule has 0 bridgehead atoms. The Bertz CT molecular complexity index is 728. The Morgan fingerprint density at radius 3 is 1.97 bits per heavy atom. The van der Waals surface area contributed by atoms with E-state index in [0.717, 1.165) is 6.42 Å². The molecule has 0 spiro atoms. The molecular formula is C24H33NO3Si. The van der Waals surface area contributed by atoms with Crippen LogP contribution >= 0.6 is 0 Å². The van der Waals surface area contributed by atoms with E-state index in [4.69, 9.17) is 9.16 Å². The predicted molar refractivity (Wildman–Crippen MR) is 120 cm³/mol. The fourth-order valence-corrected chi connectivity index (χ4v) is 8.79. The van der Waals surface area contributed by atoms with Crippen molar-refractivity contribution in [3.05, 3.63) is 60.7 Å². The highest BCUT2D eigenvalue weighted by Gasteiger charge is 2.49. The lowest BCUT2D eigenvalue weighted by Crippen LogP contribution is -2.66. The number of hydrogen-bond acceptors (Lipinski definition) is 3. The van der Waals surface area contributed by atoms with Gasteiger partial charge < -0.3 is 14.1 Å². The first kappa shape index (κ1) is 21.7. The summed E-state index contributed by atoms with van der Waals surface area (Å²) in [5.41, 5.74) is 0. The average molecular weight is 412 g/mol. The van der Waals surface area contributed by atoms with Crippen molar-refractivity contribution in [3.63, 3.8) is 0 Å². The van der Waals surface area contributed by atoms with E-state index >= 15 is 0 Å². The monoisotopic (exact) mass is 411 g/mol. The summed E-state index contributed by atoms with van der Waals surface area (Å²) in [6.45, 7) is 10.1. The molecule has 5 heteroatoms. The highest BCUT2D eigenvalue weighted by molar-refractivity contribution is 6.99. The Kier molecular flexibility index (Phi) is 7.27. The van der Waals surface area contributed by atoms with Crippen molar-refractivity contribution in [2.24, 2.45) is 0 Å². The van der Waals surface area contributed by atoms with E-state index in [1.165, 1.54) is 10.4 Å². The molecule has 0 radical (unpaired) electrons. The second-order valence-corrected chi connectivity index (χ2v) is 12.9. The summed E-state index contributed by atoms with van der Waals surface area (Å²) in [5.74, 6) is 0.208. The van der Waals surface area contributed by atoms with Crippen LogP contribution in [-0.4, -0.2) is 52.0 Å². The van der Waals surface area contributed by atoms with Gasteiger partial charge in [0.25, 0.3) is 8.32 Å². The van der Waals surface area contributed by atoms with Crippen LogP contribution in [0.5, 0.6) is 0 Å². The lowest BCUT2D eigenvalue weighted by Gasteiger charge is -2.43. The number of amides is 1. The topological polar surface area (TPSA) is 38.8 Å². The van der Waals surface area contributed by atoms with Gasteiger partial charge in [0.2, 0.25) is 5.91 Å². The van der Waals surface area contributed by atoms with Crippen molar-refractivity contribution >= 4 is 24.6 Å². The molecule has 0 saturated carbocycles. The summed E-state index contributed by atoms with van der Waals surface area (Å²) in [7, 11) is -2.51. The number of morpholine rings is 1. The van der Waals surface area contributed by atoms with Crippen molar-refractivity contribution in [1.82, 2.24) is 4.90 Å². The van der Waals surface area contributed by atoms with Gasteiger partial charge in [0.1, 0.15) is 0 Å². The van der Waals surface area contributed by atoms with E-state index in [0.29, 0.717) is 39.3 Å². The van der Waals surface area contributed by atoms with Crippen LogP contribution in [0, 0.1) is 0 Å². The molecule has 156 valence electrons. The van der Waals surface area contributed by atoms with E-state index in [1.54, 1.807) is 0 Å². The zero-order chi connectivity index (χ0) is 20.7. The number of carbonyl (C=O) groups excluding carboxylic acids is 1. The first-order valence-electron chi connectivity index (χ1n) is 10.6. The lowest BCUT2D eigenvalue weighted by molar-refractivity contribution is -0.135. The molecule has 1 aliphatic rings. The minimum atomic E-state index is -2.51. The van der Waals surface area contributed by atoms with Crippen molar-refractivity contribution in [3.8, 4) is 0 Å². The van der Waals surface area contributed by atoms with Gasteiger partial charge in [0.05, 0.1) is 13.2 Å². The molecule has 1 amide bonds. The van der Waals surface area contributed by atoms with Gasteiger partial charge in [-0.2, -0.15) is 0 Å². The van der Waals surface area contributed by atoms with Crippen LogP contribution in [0.15, 0.2) is 60.7 Å². The second-order valence-electron chi connectivity index (χ2n) is 8.61. The largest absolute Gasteiger partial charge is 0.407 e. The molecule has 4 nitrogen and oxygen atoms in total. The van der Waals surface area contributed by atoms with Crippen molar-refractivity contribution in [1.29, 1.82) is 0 Å². The molecule has 0 atom stereocenters. The second kappa shape index (κ2) is 9.70. The fourth-order valence-electron chi connectivity index (χ4n) is 4.18. The Morgan fingerprint density at radius 2 is 1.48 bits per heavy atom. The van der Waals surface area contributed by atoms with Crippen LogP contribution < -0.4 is 10.4 Å². The molecule has 3 rings (SSSR count). The molecule has 1 aliphatic heterocycles. The predicted octanol–water partition coefficient (Wildman–Crippen LogP) is 3.20. The zero-order valence-electron chi connectivity index (χ0n) is 17.9. The van der Waals surface area contributed by atoms with Gasteiger partial charge in [-0.15, -0.1) is 0 Å². The van der Waals surface area contributed by atoms with Crippen molar-refractivity contribution in [2.75, 3.05) is 32.9 Å². The molecule has 2 aromatic carbocycles. The molecule has 2 aromatic rings. The van der Waals surface area contributed by atoms with E-state index in [2.05, 4.69) is 81.4 Å². The van der Waals surface area contributed by atoms with E-state index in [9.17, 15) is 4.79 Å². The number of nitrogens with zero attached hydrogens (tertiary/aromatic N) is 1. The Labute approximate surface area is 176 Å². The first-order valence-corrected chi connectivity index (χ1v) is 12.5.